The molecule has 2 atom stereocenters. The molecule has 0 saturated heterocycles. The average molecular weight is 291 g/mol. The van der Waals surface area contributed by atoms with Crippen LogP contribution in [0.3, 0.4) is 0 Å². The molecule has 2 rings (SSSR count). The van der Waals surface area contributed by atoms with Gasteiger partial charge in [-0.05, 0) is 50.5 Å². The number of carboxylic acids is 1. The molecule has 2 N–H and O–H groups in total. The van der Waals surface area contributed by atoms with Gasteiger partial charge in [-0.25, -0.2) is 0 Å². The van der Waals surface area contributed by atoms with Crippen molar-refractivity contribution < 1.29 is 19.4 Å². The fourth-order valence-corrected chi connectivity index (χ4v) is 2.83. The lowest BCUT2D eigenvalue weighted by molar-refractivity contribution is -0.145. The molecule has 1 aliphatic carbocycles. The molecule has 0 radical (unpaired) electrons. The van der Waals surface area contributed by atoms with E-state index in [1.54, 1.807) is 12.1 Å². The summed E-state index contributed by atoms with van der Waals surface area (Å²) in [5, 5.41) is 12.0. The van der Waals surface area contributed by atoms with Crippen LogP contribution in [-0.4, -0.2) is 23.6 Å². The van der Waals surface area contributed by atoms with Crippen molar-refractivity contribution in [2.45, 2.75) is 33.1 Å². The molecule has 1 fully saturated rings. The molecule has 1 amide bonds. The highest BCUT2D eigenvalue weighted by Crippen LogP contribution is 2.33. The summed E-state index contributed by atoms with van der Waals surface area (Å²) < 4.78 is 5.40. The van der Waals surface area contributed by atoms with E-state index in [0.29, 0.717) is 25.1 Å². The summed E-state index contributed by atoms with van der Waals surface area (Å²) in [7, 11) is 0. The summed E-state index contributed by atoms with van der Waals surface area (Å²) in [4.78, 5) is 23.4. The van der Waals surface area contributed by atoms with Crippen molar-refractivity contribution >= 4 is 17.6 Å². The van der Waals surface area contributed by atoms with E-state index >= 15 is 0 Å². The second-order valence-corrected chi connectivity index (χ2v) is 5.38. The number of nitrogens with one attached hydrogen (secondary N) is 1. The van der Waals surface area contributed by atoms with Gasteiger partial charge in [0.25, 0.3) is 0 Å². The number of benzene rings is 1. The van der Waals surface area contributed by atoms with Gasteiger partial charge >= 0.3 is 5.97 Å². The number of carboxylic acid groups (broad SMARTS) is 1. The topological polar surface area (TPSA) is 75.6 Å². The Hall–Kier alpha value is -2.04. The zero-order chi connectivity index (χ0) is 15.4. The highest BCUT2D eigenvalue weighted by atomic mass is 16.5. The molecule has 21 heavy (non-hydrogen) atoms. The maximum Gasteiger partial charge on any atom is 0.307 e. The van der Waals surface area contributed by atoms with E-state index in [-0.39, 0.29) is 5.91 Å². The minimum atomic E-state index is -0.879. The van der Waals surface area contributed by atoms with Crippen LogP contribution in [0.15, 0.2) is 18.2 Å². The van der Waals surface area contributed by atoms with Crippen LogP contribution < -0.4 is 10.1 Å². The fraction of sp³-hybridized carbons (Fsp3) is 0.500. The first-order valence-electron chi connectivity index (χ1n) is 7.30. The van der Waals surface area contributed by atoms with Crippen LogP contribution in [0, 0.1) is 18.8 Å². The van der Waals surface area contributed by atoms with Crippen LogP contribution in [0.2, 0.25) is 0 Å². The number of ether oxygens (including phenoxy) is 1. The normalized spacial score (nSPS) is 21.0. The number of carbonyl (C=O) groups is 2. The Balaban J connectivity index is 2.07. The highest BCUT2D eigenvalue weighted by molar-refractivity contribution is 5.96. The van der Waals surface area contributed by atoms with Crippen molar-refractivity contribution in [2.75, 3.05) is 11.9 Å². The Bertz CT molecular complexity index is 541. The lowest BCUT2D eigenvalue weighted by atomic mass is 9.95. The van der Waals surface area contributed by atoms with Gasteiger partial charge in [0, 0.05) is 5.69 Å². The zero-order valence-electron chi connectivity index (χ0n) is 12.4. The number of anilines is 1. The number of rotatable bonds is 5. The molecule has 0 spiro atoms. The van der Waals surface area contributed by atoms with Crippen LogP contribution >= 0.6 is 0 Å². The predicted molar refractivity (Wildman–Crippen MR) is 79.4 cm³/mol. The first-order valence-corrected chi connectivity index (χ1v) is 7.30. The van der Waals surface area contributed by atoms with Gasteiger partial charge in [-0.15, -0.1) is 0 Å². The lowest BCUT2D eigenvalue weighted by Crippen LogP contribution is -2.30. The lowest BCUT2D eigenvalue weighted by Gasteiger charge is -2.17. The molecule has 5 heteroatoms. The minimum absolute atomic E-state index is 0.202. The molecule has 0 aromatic heterocycles. The third kappa shape index (κ3) is 3.54. The Morgan fingerprint density at radius 2 is 2.05 bits per heavy atom. The van der Waals surface area contributed by atoms with Crippen molar-refractivity contribution in [3.8, 4) is 5.75 Å². The summed E-state index contributed by atoms with van der Waals surface area (Å²) in [6.07, 6.45) is 2.01. The first kappa shape index (κ1) is 15.4. The van der Waals surface area contributed by atoms with Gasteiger partial charge in [-0.3, -0.25) is 9.59 Å². The van der Waals surface area contributed by atoms with Crippen LogP contribution in [0.25, 0.3) is 0 Å². The van der Waals surface area contributed by atoms with Gasteiger partial charge in [-0.2, -0.15) is 0 Å². The van der Waals surface area contributed by atoms with Crippen molar-refractivity contribution in [1.82, 2.24) is 0 Å². The van der Waals surface area contributed by atoms with Gasteiger partial charge in [0.2, 0.25) is 5.91 Å². The maximum atomic E-state index is 12.3. The molecule has 1 saturated carbocycles. The number of amides is 1. The molecular formula is C16H21NO4. The van der Waals surface area contributed by atoms with Gasteiger partial charge in [0.05, 0.1) is 18.4 Å². The Kier molecular flexibility index (Phi) is 4.83. The van der Waals surface area contributed by atoms with E-state index < -0.39 is 17.8 Å². The fourth-order valence-electron chi connectivity index (χ4n) is 2.83. The summed E-state index contributed by atoms with van der Waals surface area (Å²) in [6.45, 7) is 4.39. The van der Waals surface area contributed by atoms with E-state index in [1.807, 2.05) is 19.9 Å². The molecule has 5 nitrogen and oxygen atoms in total. The smallest absolute Gasteiger partial charge is 0.307 e. The molecule has 1 aromatic rings. The van der Waals surface area contributed by atoms with Crippen molar-refractivity contribution in [3.63, 3.8) is 0 Å². The molecule has 114 valence electrons. The Morgan fingerprint density at radius 1 is 1.33 bits per heavy atom. The minimum Gasteiger partial charge on any atom is -0.494 e. The molecular weight excluding hydrogens is 270 g/mol. The van der Waals surface area contributed by atoms with E-state index in [2.05, 4.69) is 5.32 Å². The number of carbonyl (C=O) groups excluding carboxylic acids is 1. The monoisotopic (exact) mass is 291 g/mol. The molecule has 0 bridgehead atoms. The van der Waals surface area contributed by atoms with Crippen LogP contribution in [0.5, 0.6) is 5.75 Å². The average Bonchev–Trinajstić information content (AvgIpc) is 2.91. The van der Waals surface area contributed by atoms with E-state index in [4.69, 9.17) is 9.84 Å². The van der Waals surface area contributed by atoms with E-state index in [1.165, 1.54) is 0 Å². The molecule has 2 unspecified atom stereocenters. The summed E-state index contributed by atoms with van der Waals surface area (Å²) >= 11 is 0. The van der Waals surface area contributed by atoms with Crippen LogP contribution in [0.4, 0.5) is 5.69 Å². The standard InChI is InChI=1S/C16H21NO4/c1-3-21-11-7-8-14(10(2)9-11)17-15(18)12-5-4-6-13(12)16(19)20/h7-9,12-13H,3-6H2,1-2H3,(H,17,18)(H,19,20). The largest absolute Gasteiger partial charge is 0.494 e. The van der Waals surface area contributed by atoms with Crippen molar-refractivity contribution in [2.24, 2.45) is 11.8 Å². The molecule has 0 aliphatic heterocycles. The van der Waals surface area contributed by atoms with E-state index in [0.717, 1.165) is 17.7 Å². The summed E-state index contributed by atoms with van der Waals surface area (Å²) in [6, 6.07) is 5.46. The van der Waals surface area contributed by atoms with Gasteiger partial charge < -0.3 is 15.2 Å². The molecule has 0 heterocycles. The van der Waals surface area contributed by atoms with Gasteiger partial charge in [0.1, 0.15) is 5.75 Å². The van der Waals surface area contributed by atoms with Crippen molar-refractivity contribution in [3.05, 3.63) is 23.8 Å². The molecule has 1 aromatic carbocycles. The number of aryl methyl sites for hydroxylation is 1. The highest BCUT2D eigenvalue weighted by Gasteiger charge is 2.37. The van der Waals surface area contributed by atoms with Crippen LogP contribution in [-0.2, 0) is 9.59 Å². The second kappa shape index (κ2) is 6.61. The SMILES string of the molecule is CCOc1ccc(NC(=O)C2CCCC2C(=O)O)c(C)c1. The van der Waals surface area contributed by atoms with Crippen molar-refractivity contribution in [1.29, 1.82) is 0 Å². The second-order valence-electron chi connectivity index (χ2n) is 5.38. The first-order chi connectivity index (χ1) is 10.0. The third-order valence-corrected chi connectivity index (χ3v) is 3.94. The number of aliphatic carboxylic acids is 1. The predicted octanol–water partition coefficient (Wildman–Crippen LogP) is 2.83. The summed E-state index contributed by atoms with van der Waals surface area (Å²) in [5.41, 5.74) is 1.61. The number of hydrogen-bond acceptors (Lipinski definition) is 3. The Labute approximate surface area is 124 Å². The third-order valence-electron chi connectivity index (χ3n) is 3.94. The van der Waals surface area contributed by atoms with Gasteiger partial charge in [0.15, 0.2) is 0 Å². The quantitative estimate of drug-likeness (QED) is 0.874. The Morgan fingerprint density at radius 3 is 2.67 bits per heavy atom. The maximum absolute atomic E-state index is 12.3. The van der Waals surface area contributed by atoms with Gasteiger partial charge in [-0.1, -0.05) is 6.42 Å². The molecule has 1 aliphatic rings. The summed E-state index contributed by atoms with van der Waals surface area (Å²) in [5.74, 6) is -1.32. The van der Waals surface area contributed by atoms with E-state index in [9.17, 15) is 9.59 Å². The zero-order valence-corrected chi connectivity index (χ0v) is 12.4. The number of hydrogen-bond donors (Lipinski definition) is 2. The van der Waals surface area contributed by atoms with Crippen LogP contribution in [0.1, 0.15) is 31.7 Å².